The second kappa shape index (κ2) is 15.1. The smallest absolute Gasteiger partial charge is 0.307 e. The van der Waals surface area contributed by atoms with E-state index in [4.69, 9.17) is 33.0 Å². The van der Waals surface area contributed by atoms with E-state index < -0.39 is 5.97 Å². The predicted molar refractivity (Wildman–Crippen MR) is 201 cm³/mol. The summed E-state index contributed by atoms with van der Waals surface area (Å²) in [6, 6.07) is 22.8. The number of carboxylic acids is 1. The standard InChI is InChI=1S/C40H41Cl2N5O4/c1-24-15-25(9-10-26(24)18-43-19-30-11-12-38(48)45-30)31-5-3-7-33(39(31)42)32-6-4-8-36-34(32)20-44-47(36)23-28-17-37(51-2)29(16-35(28)41)22-46-14-13-27(21-46)40(49)50/h3-10,15-17,20,27,30,43H,11-14,18-19,21-23H2,1-2H3,(H,45,48)(H,49,50)/t27-,30+/m1/s1. The van der Waals surface area contributed by atoms with Gasteiger partial charge in [-0.2, -0.15) is 5.10 Å². The number of ether oxygens (including phenoxy) is 1. The molecule has 1 aromatic heterocycles. The number of aliphatic carboxylic acids is 1. The molecule has 7 rings (SSSR count). The molecule has 3 N–H and O–H groups in total. The van der Waals surface area contributed by atoms with E-state index in [1.165, 1.54) is 11.1 Å². The van der Waals surface area contributed by atoms with Crippen molar-refractivity contribution in [2.75, 3.05) is 26.7 Å². The highest BCUT2D eigenvalue weighted by Crippen LogP contribution is 2.40. The number of carbonyl (C=O) groups is 2. The fraction of sp³-hybridized carbons (Fsp3) is 0.325. The normalized spacial score (nSPS) is 17.7. The summed E-state index contributed by atoms with van der Waals surface area (Å²) in [6.45, 7) is 5.86. The number of nitrogens with one attached hydrogen (secondary N) is 2. The number of rotatable bonds is 12. The summed E-state index contributed by atoms with van der Waals surface area (Å²) in [5.41, 5.74) is 9.06. The summed E-state index contributed by atoms with van der Waals surface area (Å²) in [6.07, 6.45) is 4.00. The van der Waals surface area contributed by atoms with E-state index >= 15 is 0 Å². The van der Waals surface area contributed by atoms with Crippen molar-refractivity contribution in [3.05, 3.63) is 105 Å². The summed E-state index contributed by atoms with van der Waals surface area (Å²) in [4.78, 5) is 25.1. The number of nitrogens with zero attached hydrogens (tertiary/aromatic N) is 3. The average molecular weight is 727 g/mol. The fourth-order valence-electron chi connectivity index (χ4n) is 7.35. The molecule has 2 atom stereocenters. The van der Waals surface area contributed by atoms with Crippen molar-refractivity contribution in [2.24, 2.45) is 5.92 Å². The maximum absolute atomic E-state index is 11.5. The van der Waals surface area contributed by atoms with Crippen LogP contribution in [0.1, 0.15) is 41.5 Å². The van der Waals surface area contributed by atoms with Crippen LogP contribution in [0.5, 0.6) is 5.75 Å². The van der Waals surface area contributed by atoms with Crippen molar-refractivity contribution < 1.29 is 19.4 Å². The molecule has 0 radical (unpaired) electrons. The number of fused-ring (bicyclic) bond motifs is 1. The molecule has 2 aliphatic heterocycles. The minimum atomic E-state index is -0.749. The number of aromatic nitrogens is 2. The first-order valence-corrected chi connectivity index (χ1v) is 18.1. The van der Waals surface area contributed by atoms with Crippen LogP contribution in [-0.4, -0.2) is 64.4 Å². The molecule has 0 aliphatic carbocycles. The van der Waals surface area contributed by atoms with Crippen LogP contribution in [-0.2, 0) is 29.2 Å². The monoisotopic (exact) mass is 725 g/mol. The average Bonchev–Trinajstić information content (AvgIpc) is 3.87. The van der Waals surface area contributed by atoms with E-state index in [9.17, 15) is 14.7 Å². The van der Waals surface area contributed by atoms with Gasteiger partial charge < -0.3 is 20.5 Å². The Labute approximate surface area is 307 Å². The van der Waals surface area contributed by atoms with Gasteiger partial charge in [-0.1, -0.05) is 71.7 Å². The number of carboxylic acid groups (broad SMARTS) is 1. The number of methoxy groups -OCH3 is 1. The number of hydrogen-bond donors (Lipinski definition) is 3. The summed E-state index contributed by atoms with van der Waals surface area (Å²) < 4.78 is 7.70. The van der Waals surface area contributed by atoms with E-state index in [2.05, 4.69) is 52.8 Å². The summed E-state index contributed by atoms with van der Waals surface area (Å²) >= 11 is 14.0. The zero-order chi connectivity index (χ0) is 35.6. The van der Waals surface area contributed by atoms with E-state index in [-0.39, 0.29) is 17.9 Å². The van der Waals surface area contributed by atoms with Gasteiger partial charge in [0.2, 0.25) is 5.91 Å². The molecule has 4 aromatic carbocycles. The minimum absolute atomic E-state index is 0.133. The molecule has 5 aromatic rings. The third kappa shape index (κ3) is 7.48. The molecule has 2 aliphatic rings. The number of hydrogen-bond acceptors (Lipinski definition) is 6. The molecule has 0 bridgehead atoms. The topological polar surface area (TPSA) is 109 Å². The molecular formula is C40H41Cl2N5O4. The lowest BCUT2D eigenvalue weighted by Crippen LogP contribution is -2.35. The maximum Gasteiger partial charge on any atom is 0.307 e. The third-order valence-electron chi connectivity index (χ3n) is 10.2. The lowest BCUT2D eigenvalue weighted by Gasteiger charge is -2.19. The third-order valence-corrected chi connectivity index (χ3v) is 11.0. The maximum atomic E-state index is 11.5. The van der Waals surface area contributed by atoms with Gasteiger partial charge in [-0.25, -0.2) is 0 Å². The number of aryl methyl sites for hydroxylation is 1. The highest BCUT2D eigenvalue weighted by atomic mass is 35.5. The van der Waals surface area contributed by atoms with Crippen LogP contribution in [0.25, 0.3) is 33.2 Å². The van der Waals surface area contributed by atoms with Crippen LogP contribution < -0.4 is 15.4 Å². The van der Waals surface area contributed by atoms with Crippen molar-refractivity contribution in [1.82, 2.24) is 25.3 Å². The number of carbonyl (C=O) groups excluding carboxylic acids is 1. The second-order valence-electron chi connectivity index (χ2n) is 13.6. The van der Waals surface area contributed by atoms with Crippen molar-refractivity contribution in [3.8, 4) is 28.0 Å². The van der Waals surface area contributed by atoms with Gasteiger partial charge in [0.25, 0.3) is 0 Å². The van der Waals surface area contributed by atoms with Crippen molar-refractivity contribution >= 4 is 46.0 Å². The first-order valence-electron chi connectivity index (χ1n) is 17.3. The lowest BCUT2D eigenvalue weighted by molar-refractivity contribution is -0.141. The Morgan fingerprint density at radius 1 is 1.00 bits per heavy atom. The predicted octanol–water partition coefficient (Wildman–Crippen LogP) is 7.32. The lowest BCUT2D eigenvalue weighted by atomic mass is 9.95. The molecule has 0 unspecified atom stereocenters. The minimum Gasteiger partial charge on any atom is -0.496 e. The highest BCUT2D eigenvalue weighted by molar-refractivity contribution is 6.36. The molecule has 0 saturated carbocycles. The Morgan fingerprint density at radius 3 is 2.55 bits per heavy atom. The largest absolute Gasteiger partial charge is 0.496 e. The molecule has 1 amide bonds. The van der Waals surface area contributed by atoms with E-state index in [1.807, 2.05) is 47.3 Å². The Morgan fingerprint density at radius 2 is 1.80 bits per heavy atom. The first-order chi connectivity index (χ1) is 24.7. The number of benzene rings is 4. The van der Waals surface area contributed by atoms with Gasteiger partial charge >= 0.3 is 5.97 Å². The van der Waals surface area contributed by atoms with Crippen molar-refractivity contribution in [3.63, 3.8) is 0 Å². The molecule has 9 nitrogen and oxygen atoms in total. The van der Waals surface area contributed by atoms with Crippen LogP contribution in [0.4, 0.5) is 0 Å². The van der Waals surface area contributed by atoms with Gasteiger partial charge in [0.15, 0.2) is 0 Å². The second-order valence-corrected chi connectivity index (χ2v) is 14.4. The quantitative estimate of drug-likeness (QED) is 0.124. The summed E-state index contributed by atoms with van der Waals surface area (Å²) in [5, 5.41) is 22.9. The van der Waals surface area contributed by atoms with E-state index in [0.717, 1.165) is 70.3 Å². The van der Waals surface area contributed by atoms with Gasteiger partial charge in [0.05, 0.1) is 36.3 Å². The van der Waals surface area contributed by atoms with Gasteiger partial charge in [-0.15, -0.1) is 0 Å². The molecule has 264 valence electrons. The van der Waals surface area contributed by atoms with Gasteiger partial charge in [0.1, 0.15) is 5.75 Å². The van der Waals surface area contributed by atoms with Gasteiger partial charge in [0, 0.05) is 65.7 Å². The number of likely N-dealkylation sites (tertiary alicyclic amines) is 1. The van der Waals surface area contributed by atoms with E-state index in [1.54, 1.807) is 7.11 Å². The molecule has 51 heavy (non-hydrogen) atoms. The van der Waals surface area contributed by atoms with Crippen LogP contribution in [0, 0.1) is 12.8 Å². The molecule has 0 spiro atoms. The van der Waals surface area contributed by atoms with Crippen LogP contribution in [0.3, 0.4) is 0 Å². The zero-order valence-corrected chi connectivity index (χ0v) is 30.2. The first kappa shape index (κ1) is 35.0. The summed E-state index contributed by atoms with van der Waals surface area (Å²) in [7, 11) is 1.64. The van der Waals surface area contributed by atoms with Crippen molar-refractivity contribution in [1.29, 1.82) is 0 Å². The SMILES string of the molecule is COc1cc(Cn2ncc3c(-c4cccc(-c5ccc(CNC[C@@H]6CCC(=O)N6)c(C)c5)c4Cl)cccc32)c(Cl)cc1CN1CC[C@@H](C(=O)O)C1. The molecule has 2 saturated heterocycles. The van der Waals surface area contributed by atoms with Gasteiger partial charge in [-0.05, 0) is 72.3 Å². The molecular weight excluding hydrogens is 685 g/mol. The van der Waals surface area contributed by atoms with E-state index in [0.29, 0.717) is 48.3 Å². The fourth-order valence-corrected chi connectivity index (χ4v) is 7.93. The Bertz CT molecular complexity index is 2110. The van der Waals surface area contributed by atoms with Crippen LogP contribution in [0.15, 0.2) is 72.9 Å². The number of halogens is 2. The summed E-state index contributed by atoms with van der Waals surface area (Å²) in [5.74, 6) is -0.244. The molecule has 2 fully saturated rings. The zero-order valence-electron chi connectivity index (χ0n) is 28.7. The highest BCUT2D eigenvalue weighted by Gasteiger charge is 2.28. The van der Waals surface area contributed by atoms with Crippen LogP contribution in [0.2, 0.25) is 10.0 Å². The van der Waals surface area contributed by atoms with Gasteiger partial charge in [-0.3, -0.25) is 19.2 Å². The van der Waals surface area contributed by atoms with Crippen molar-refractivity contribution in [2.45, 2.75) is 51.9 Å². The molecule has 11 heteroatoms. The Hall–Kier alpha value is -4.41. The number of amides is 1. The Balaban J connectivity index is 1.10. The molecule has 3 heterocycles. The Kier molecular flexibility index (Phi) is 10.3. The van der Waals surface area contributed by atoms with Crippen LogP contribution >= 0.6 is 23.2 Å².